The van der Waals surface area contributed by atoms with Crippen molar-refractivity contribution >= 4 is 18.1 Å². The van der Waals surface area contributed by atoms with E-state index in [-0.39, 0.29) is 28.9 Å². The van der Waals surface area contributed by atoms with Crippen LogP contribution in [-0.4, -0.2) is 37.4 Å². The molecule has 32 heavy (non-hydrogen) atoms. The second-order valence-corrected chi connectivity index (χ2v) is 7.17. The Labute approximate surface area is 183 Å². The number of hydrogen-bond donors (Lipinski definition) is 1. The van der Waals surface area contributed by atoms with E-state index < -0.39 is 36.7 Å². The minimum atomic E-state index is -2.62. The van der Waals surface area contributed by atoms with Gasteiger partial charge in [-0.3, -0.25) is 0 Å². The highest BCUT2D eigenvalue weighted by Crippen LogP contribution is 2.37. The molecule has 2 atom stereocenters. The lowest BCUT2D eigenvalue weighted by atomic mass is 9.97. The molecule has 0 aromatic heterocycles. The van der Waals surface area contributed by atoms with Gasteiger partial charge in [0.15, 0.2) is 6.17 Å². The van der Waals surface area contributed by atoms with Gasteiger partial charge in [-0.2, -0.15) is 4.39 Å². The SMILES string of the molecule is COC(=O)c1c(C=Cc2ccc(F)cc2)cc(OC(F)C(F)CF)c(CC=C(C)C)c1O. The summed E-state index contributed by atoms with van der Waals surface area (Å²) < 4.78 is 62.9. The number of benzene rings is 2. The maximum Gasteiger partial charge on any atom is 0.342 e. The molecule has 0 aliphatic heterocycles. The minimum absolute atomic E-state index is 0.0132. The standard InChI is InChI=1S/C24H24F4O4/c1-14(2)4-11-18-20(32-23(28)19(27)13-25)12-16(21(22(18)29)24(30)31-3)8-5-15-6-9-17(26)10-7-15/h4-10,12,19,23,29H,11,13H2,1-3H3. The monoisotopic (exact) mass is 452 g/mol. The Morgan fingerprint density at radius 2 is 1.81 bits per heavy atom. The summed E-state index contributed by atoms with van der Waals surface area (Å²) in [5, 5.41) is 10.8. The van der Waals surface area contributed by atoms with Crippen molar-refractivity contribution in [2.75, 3.05) is 13.8 Å². The number of alkyl halides is 3. The number of rotatable bonds is 9. The smallest absolute Gasteiger partial charge is 0.342 e. The number of hydrogen-bond acceptors (Lipinski definition) is 4. The zero-order chi connectivity index (χ0) is 23.8. The number of halogens is 4. The van der Waals surface area contributed by atoms with Crippen LogP contribution in [0.25, 0.3) is 12.2 Å². The molecule has 0 bridgehead atoms. The van der Waals surface area contributed by atoms with Crippen molar-refractivity contribution in [3.63, 3.8) is 0 Å². The summed E-state index contributed by atoms with van der Waals surface area (Å²) in [5.41, 5.74) is 1.31. The fraction of sp³-hybridized carbons (Fsp3) is 0.292. The first-order valence-electron chi connectivity index (χ1n) is 9.72. The van der Waals surface area contributed by atoms with E-state index >= 15 is 0 Å². The second kappa shape index (κ2) is 11.4. The van der Waals surface area contributed by atoms with Crippen LogP contribution in [0, 0.1) is 5.82 Å². The summed E-state index contributed by atoms with van der Waals surface area (Å²) in [6.07, 6.45) is -0.491. The number of aromatic hydroxyl groups is 1. The Kier molecular flexibility index (Phi) is 8.87. The largest absolute Gasteiger partial charge is 0.507 e. The molecule has 0 amide bonds. The topological polar surface area (TPSA) is 55.8 Å². The molecule has 0 spiro atoms. The molecule has 2 unspecified atom stereocenters. The van der Waals surface area contributed by atoms with Gasteiger partial charge in [0, 0.05) is 5.56 Å². The highest BCUT2D eigenvalue weighted by molar-refractivity contribution is 5.98. The Morgan fingerprint density at radius 1 is 1.16 bits per heavy atom. The molecule has 4 nitrogen and oxygen atoms in total. The first-order valence-corrected chi connectivity index (χ1v) is 9.72. The molecule has 0 aliphatic carbocycles. The van der Waals surface area contributed by atoms with Crippen LogP contribution in [0.5, 0.6) is 11.5 Å². The maximum atomic E-state index is 14.1. The predicted molar refractivity (Wildman–Crippen MR) is 114 cm³/mol. The fourth-order valence-electron chi connectivity index (χ4n) is 2.79. The number of methoxy groups -OCH3 is 1. The third kappa shape index (κ3) is 6.35. The number of esters is 1. The van der Waals surface area contributed by atoms with Gasteiger partial charge in [-0.15, -0.1) is 0 Å². The van der Waals surface area contributed by atoms with Gasteiger partial charge in [-0.05, 0) is 49.6 Å². The number of carbonyl (C=O) groups is 1. The number of carbonyl (C=O) groups excluding carboxylic acids is 1. The molecular formula is C24H24F4O4. The molecule has 2 aromatic rings. The van der Waals surface area contributed by atoms with Crippen molar-refractivity contribution in [3.8, 4) is 11.5 Å². The van der Waals surface area contributed by atoms with E-state index in [2.05, 4.69) is 0 Å². The van der Waals surface area contributed by atoms with Gasteiger partial charge >= 0.3 is 5.97 Å². The zero-order valence-corrected chi connectivity index (χ0v) is 17.9. The lowest BCUT2D eigenvalue weighted by Gasteiger charge is -2.19. The molecule has 0 saturated carbocycles. The minimum Gasteiger partial charge on any atom is -0.507 e. The molecule has 2 rings (SSSR count). The Morgan fingerprint density at radius 3 is 2.38 bits per heavy atom. The molecule has 0 aliphatic rings. The first kappa shape index (κ1) is 25.0. The van der Waals surface area contributed by atoms with Gasteiger partial charge in [0.1, 0.15) is 29.6 Å². The molecule has 172 valence electrons. The van der Waals surface area contributed by atoms with Gasteiger partial charge in [-0.1, -0.05) is 35.9 Å². The van der Waals surface area contributed by atoms with Crippen LogP contribution < -0.4 is 4.74 Å². The lowest BCUT2D eigenvalue weighted by molar-refractivity contribution is -0.0154. The summed E-state index contributed by atoms with van der Waals surface area (Å²) in [4.78, 5) is 12.4. The second-order valence-electron chi connectivity index (χ2n) is 7.17. The molecule has 0 radical (unpaired) electrons. The summed E-state index contributed by atoms with van der Waals surface area (Å²) >= 11 is 0. The van der Waals surface area contributed by atoms with Crippen LogP contribution in [0.4, 0.5) is 17.6 Å². The van der Waals surface area contributed by atoms with Crippen molar-refractivity contribution in [3.05, 3.63) is 70.1 Å². The quantitative estimate of drug-likeness (QED) is 0.220. The molecule has 1 N–H and O–H groups in total. The van der Waals surface area contributed by atoms with Crippen molar-refractivity contribution in [1.29, 1.82) is 0 Å². The van der Waals surface area contributed by atoms with Crippen molar-refractivity contribution in [1.82, 2.24) is 0 Å². The van der Waals surface area contributed by atoms with E-state index in [1.54, 1.807) is 19.9 Å². The number of ether oxygens (including phenoxy) is 2. The summed E-state index contributed by atoms with van der Waals surface area (Å²) in [6, 6.07) is 6.67. The Balaban J connectivity index is 2.64. The summed E-state index contributed by atoms with van der Waals surface area (Å²) in [5.74, 6) is -2.09. The van der Waals surface area contributed by atoms with Gasteiger partial charge in [0.25, 0.3) is 6.36 Å². The average Bonchev–Trinajstić information content (AvgIpc) is 2.76. The maximum absolute atomic E-state index is 14.1. The Bertz CT molecular complexity index is 996. The Hall–Kier alpha value is -3.29. The predicted octanol–water partition coefficient (Wildman–Crippen LogP) is 5.98. The number of phenols is 1. The van der Waals surface area contributed by atoms with Crippen molar-refractivity contribution < 1.29 is 36.9 Å². The van der Waals surface area contributed by atoms with Gasteiger partial charge < -0.3 is 14.6 Å². The zero-order valence-electron chi connectivity index (χ0n) is 17.9. The van der Waals surface area contributed by atoms with E-state index in [9.17, 15) is 27.5 Å². The fourth-order valence-corrected chi connectivity index (χ4v) is 2.79. The van der Waals surface area contributed by atoms with E-state index in [0.29, 0.717) is 5.56 Å². The van der Waals surface area contributed by atoms with E-state index in [0.717, 1.165) is 12.7 Å². The highest BCUT2D eigenvalue weighted by atomic mass is 19.2. The first-order chi connectivity index (χ1) is 15.2. The van der Waals surface area contributed by atoms with Crippen LogP contribution >= 0.6 is 0 Å². The molecule has 0 saturated heterocycles. The normalized spacial score (nSPS) is 13.0. The number of allylic oxidation sites excluding steroid dienone is 2. The third-order valence-corrected chi connectivity index (χ3v) is 4.50. The van der Waals surface area contributed by atoms with Gasteiger partial charge in [0.05, 0.1) is 7.11 Å². The molecule has 8 heteroatoms. The van der Waals surface area contributed by atoms with Crippen LogP contribution in [0.2, 0.25) is 0 Å². The molecule has 0 fully saturated rings. The van der Waals surface area contributed by atoms with Crippen molar-refractivity contribution in [2.24, 2.45) is 0 Å². The van der Waals surface area contributed by atoms with Crippen LogP contribution in [0.1, 0.15) is 40.9 Å². The van der Waals surface area contributed by atoms with Crippen LogP contribution in [0.15, 0.2) is 42.0 Å². The van der Waals surface area contributed by atoms with E-state index in [1.807, 2.05) is 0 Å². The van der Waals surface area contributed by atoms with E-state index in [4.69, 9.17) is 9.47 Å². The molecule has 0 heterocycles. The lowest BCUT2D eigenvalue weighted by Crippen LogP contribution is -2.26. The highest BCUT2D eigenvalue weighted by Gasteiger charge is 2.27. The van der Waals surface area contributed by atoms with Gasteiger partial charge in [-0.25, -0.2) is 18.0 Å². The number of phenolic OH excluding ortho intramolecular Hbond substituents is 1. The third-order valence-electron chi connectivity index (χ3n) is 4.50. The van der Waals surface area contributed by atoms with Crippen molar-refractivity contribution in [2.45, 2.75) is 32.8 Å². The van der Waals surface area contributed by atoms with Gasteiger partial charge in [0.2, 0.25) is 0 Å². The van der Waals surface area contributed by atoms with E-state index in [1.165, 1.54) is 42.5 Å². The van der Waals surface area contributed by atoms with Crippen LogP contribution in [-0.2, 0) is 11.2 Å². The molecule has 2 aromatic carbocycles. The average molecular weight is 452 g/mol. The summed E-state index contributed by atoms with van der Waals surface area (Å²) in [6.45, 7) is 1.99. The van der Waals surface area contributed by atoms with Crippen LogP contribution in [0.3, 0.4) is 0 Å². The summed E-state index contributed by atoms with van der Waals surface area (Å²) in [7, 11) is 1.13. The molecular weight excluding hydrogens is 428 g/mol.